The lowest BCUT2D eigenvalue weighted by molar-refractivity contribution is 0.669. The molecule has 0 aliphatic rings. The highest BCUT2D eigenvalue weighted by Gasteiger charge is 2.22. The van der Waals surface area contributed by atoms with E-state index in [9.17, 15) is 5.48 Å². The lowest BCUT2D eigenvalue weighted by atomic mass is 10.0. The summed E-state index contributed by atoms with van der Waals surface area (Å²) < 4.78 is 97.8. The number of benzene rings is 7. The van der Waals surface area contributed by atoms with E-state index in [1.54, 1.807) is 0 Å². The van der Waals surface area contributed by atoms with Crippen LogP contribution in [0.1, 0.15) is 13.7 Å². The Morgan fingerprint density at radius 2 is 1.24 bits per heavy atom. The summed E-state index contributed by atoms with van der Waals surface area (Å²) in [5, 5.41) is 2.07. The molecule has 0 aliphatic heterocycles. The summed E-state index contributed by atoms with van der Waals surface area (Å²) >= 11 is 0.942. The third-order valence-corrected chi connectivity index (χ3v) is 10.2. The highest BCUT2D eigenvalue weighted by molar-refractivity contribution is 7.26. The number of furan rings is 1. The lowest BCUT2D eigenvalue weighted by Gasteiger charge is -2.11. The van der Waals surface area contributed by atoms with E-state index >= 15 is 0 Å². The topological polar surface area (TPSA) is 56.7 Å². The predicted molar refractivity (Wildman–Crippen MR) is 211 cm³/mol. The summed E-state index contributed by atoms with van der Waals surface area (Å²) in [6, 6.07) is 26.5. The summed E-state index contributed by atoms with van der Waals surface area (Å²) in [7, 11) is 0. The number of hydrogen-bond acceptors (Lipinski definition) is 5. The number of rotatable bonds is 4. The van der Waals surface area contributed by atoms with Gasteiger partial charge in [-0.05, 0) is 47.4 Å². The van der Waals surface area contributed by atoms with Gasteiger partial charge in [0.2, 0.25) is 5.95 Å². The van der Waals surface area contributed by atoms with Crippen molar-refractivity contribution in [3.63, 3.8) is 0 Å². The molecule has 6 heteroatoms. The molecule has 0 unspecified atom stereocenters. The Labute approximate surface area is 309 Å². The molecule has 0 spiro atoms. The molecule has 51 heavy (non-hydrogen) atoms. The van der Waals surface area contributed by atoms with Crippen LogP contribution in [0, 0.1) is 0 Å². The maximum absolute atomic E-state index is 9.55. The van der Waals surface area contributed by atoms with Crippen LogP contribution in [0.15, 0.2) is 162 Å². The summed E-state index contributed by atoms with van der Waals surface area (Å²) in [5.41, 5.74) is 4.12. The molecule has 0 N–H and O–H groups in total. The van der Waals surface area contributed by atoms with Gasteiger partial charge in [0.15, 0.2) is 11.6 Å². The Bertz CT molecular complexity index is 3720. The van der Waals surface area contributed by atoms with Gasteiger partial charge < -0.3 is 4.42 Å². The molecule has 5 nitrogen and oxygen atoms in total. The minimum absolute atomic E-state index is 0.0123. The van der Waals surface area contributed by atoms with Crippen molar-refractivity contribution in [3.05, 3.63) is 157 Å². The molecule has 4 aromatic heterocycles. The zero-order valence-electron chi connectivity index (χ0n) is 36.3. The first-order valence-electron chi connectivity index (χ1n) is 21.1. The number of para-hydroxylation sites is 3. The number of fused-ring (bicyclic) bond motifs is 10. The molecule has 0 fully saturated rings. The predicted octanol–water partition coefficient (Wildman–Crippen LogP) is 12.2. The second-order valence-electron chi connectivity index (χ2n) is 12.0. The Morgan fingerprint density at radius 1 is 0.510 bits per heavy atom. The molecule has 4 heterocycles. The minimum Gasteiger partial charge on any atom is -0.455 e. The Balaban J connectivity index is 1.30. The SMILES string of the molecule is [2H]c1c([2H])c([2H])c2c(sc3c([2H])c([2H])c4c(c5c([2H])c([2H])c([2H])c([2H])c5n4-c4nc(-c5ccc(-c6ccccc6)cc5)nc(-c5cccc6c5oc5ccccc56)n4)c32)c1[2H]. The van der Waals surface area contributed by atoms with Crippen LogP contribution in [0.3, 0.4) is 0 Å². The number of aromatic nitrogens is 4. The second kappa shape index (κ2) is 10.9. The lowest BCUT2D eigenvalue weighted by Crippen LogP contribution is -2.06. The highest BCUT2D eigenvalue weighted by Crippen LogP contribution is 2.43. The first-order valence-corrected chi connectivity index (χ1v) is 16.9. The second-order valence-corrected chi connectivity index (χ2v) is 13.1. The molecule has 0 amide bonds. The van der Waals surface area contributed by atoms with Gasteiger partial charge in [-0.3, -0.25) is 4.57 Å². The fourth-order valence-corrected chi connectivity index (χ4v) is 7.87. The zero-order valence-corrected chi connectivity index (χ0v) is 27.2. The van der Waals surface area contributed by atoms with E-state index in [4.69, 9.17) is 27.6 Å². The fourth-order valence-electron chi connectivity index (χ4n) is 6.90. The summed E-state index contributed by atoms with van der Waals surface area (Å²) in [6.45, 7) is 0. The Kier molecular flexibility index (Phi) is 4.32. The van der Waals surface area contributed by atoms with Gasteiger partial charge in [0.25, 0.3) is 0 Å². The molecule has 238 valence electrons. The summed E-state index contributed by atoms with van der Waals surface area (Å²) in [5.74, 6) is 0.262. The molecule has 7 aromatic carbocycles. The Hall–Kier alpha value is -6.63. The number of nitrogens with zero attached hydrogens (tertiary/aromatic N) is 4. The van der Waals surface area contributed by atoms with E-state index in [-0.39, 0.29) is 83.7 Å². The van der Waals surface area contributed by atoms with Crippen molar-refractivity contribution < 1.29 is 18.1 Å². The van der Waals surface area contributed by atoms with Crippen LogP contribution in [0.2, 0.25) is 0 Å². The summed E-state index contributed by atoms with van der Waals surface area (Å²) in [4.78, 5) is 15.0. The van der Waals surface area contributed by atoms with Gasteiger partial charge in [0, 0.05) is 47.3 Å². The monoisotopic (exact) mass is 680 g/mol. The molecule has 11 rings (SSSR count). The fraction of sp³-hybridized carbons (Fsp3) is 0. The van der Waals surface area contributed by atoms with Gasteiger partial charge in [-0.15, -0.1) is 11.3 Å². The van der Waals surface area contributed by atoms with Crippen molar-refractivity contribution >= 4 is 75.3 Å². The van der Waals surface area contributed by atoms with Crippen LogP contribution in [0.5, 0.6) is 0 Å². The van der Waals surface area contributed by atoms with Crippen molar-refractivity contribution in [1.29, 1.82) is 0 Å². The molecule has 11 aromatic rings. The van der Waals surface area contributed by atoms with E-state index < -0.39 is 36.3 Å². The Morgan fingerprint density at radius 3 is 2.14 bits per heavy atom. The molecule has 0 atom stereocenters. The maximum Gasteiger partial charge on any atom is 0.238 e. The highest BCUT2D eigenvalue weighted by atomic mass is 32.1. The van der Waals surface area contributed by atoms with Gasteiger partial charge in [-0.1, -0.05) is 121 Å². The van der Waals surface area contributed by atoms with Crippen LogP contribution in [-0.4, -0.2) is 19.5 Å². The standard InChI is InChI=1S/C45H26N4OS/c1-2-11-27(12-3-1)28-21-23-29(24-22-28)43-46-44(34-17-10-16-31-30-13-5-8-19-37(30)50-42(31)34)48-45(47-43)49-35-18-7-4-14-32(35)40-36(49)25-26-39-41(40)33-15-6-9-20-38(33)51-39/h1-26H/i4D,6D,7D,9D,14D,15D,18D,20D,25D,26D. The van der Waals surface area contributed by atoms with Crippen molar-refractivity contribution in [2.24, 2.45) is 0 Å². The third kappa shape index (κ3) is 4.30. The van der Waals surface area contributed by atoms with E-state index in [0.717, 1.165) is 33.2 Å². The van der Waals surface area contributed by atoms with Crippen LogP contribution >= 0.6 is 11.3 Å². The zero-order chi connectivity index (χ0) is 42.2. The average Bonchev–Trinajstić information content (AvgIpc) is 3.99. The van der Waals surface area contributed by atoms with E-state index in [1.165, 1.54) is 4.57 Å². The molecule has 0 saturated heterocycles. The number of thiophene rings is 1. The minimum atomic E-state index is -0.550. The normalized spacial score (nSPS) is 14.7. The van der Waals surface area contributed by atoms with Crippen LogP contribution < -0.4 is 0 Å². The smallest absolute Gasteiger partial charge is 0.238 e. The third-order valence-electron chi connectivity index (χ3n) is 9.20. The van der Waals surface area contributed by atoms with Gasteiger partial charge in [0.05, 0.1) is 30.3 Å². The molecule has 0 saturated carbocycles. The quantitative estimate of drug-likeness (QED) is 0.186. The van der Waals surface area contributed by atoms with Crippen molar-refractivity contribution in [3.8, 4) is 39.9 Å². The summed E-state index contributed by atoms with van der Waals surface area (Å²) in [6.07, 6.45) is 0. The first-order chi connectivity index (χ1) is 29.4. The molecular weight excluding hydrogens is 645 g/mol. The van der Waals surface area contributed by atoms with E-state index in [2.05, 4.69) is 0 Å². The van der Waals surface area contributed by atoms with Gasteiger partial charge >= 0.3 is 0 Å². The molecule has 0 bridgehead atoms. The van der Waals surface area contributed by atoms with Crippen LogP contribution in [-0.2, 0) is 0 Å². The van der Waals surface area contributed by atoms with E-state index in [1.807, 2.05) is 97.1 Å². The largest absolute Gasteiger partial charge is 0.455 e. The van der Waals surface area contributed by atoms with E-state index in [0.29, 0.717) is 22.3 Å². The van der Waals surface area contributed by atoms with Crippen molar-refractivity contribution in [1.82, 2.24) is 19.5 Å². The average molecular weight is 681 g/mol. The van der Waals surface area contributed by atoms with Crippen molar-refractivity contribution in [2.75, 3.05) is 0 Å². The molecular formula is C45H26N4OS. The first kappa shape index (κ1) is 20.1. The van der Waals surface area contributed by atoms with Gasteiger partial charge in [0.1, 0.15) is 11.2 Å². The van der Waals surface area contributed by atoms with Crippen LogP contribution in [0.25, 0.3) is 104 Å². The molecule has 0 radical (unpaired) electrons. The maximum atomic E-state index is 9.55. The van der Waals surface area contributed by atoms with Crippen LogP contribution in [0.4, 0.5) is 0 Å². The number of hydrogen-bond donors (Lipinski definition) is 0. The van der Waals surface area contributed by atoms with Gasteiger partial charge in [-0.25, -0.2) is 4.98 Å². The molecule has 0 aliphatic carbocycles. The van der Waals surface area contributed by atoms with Crippen molar-refractivity contribution in [2.45, 2.75) is 0 Å². The van der Waals surface area contributed by atoms with Gasteiger partial charge in [-0.2, -0.15) is 9.97 Å².